The first-order valence-corrected chi connectivity index (χ1v) is 6.27. The standard InChI is InChI=1S/C12H14BrNO3/c13-9-3-1-2-8(4-9)7-17-12(16)11-5-10(15)6-14-11/h1-4,10-11,14-15H,5-7H2/t10-,11-/m0/s1. The van der Waals surface area contributed by atoms with E-state index in [-0.39, 0.29) is 18.6 Å². The topological polar surface area (TPSA) is 58.6 Å². The van der Waals surface area contributed by atoms with Crippen LogP contribution in [0.3, 0.4) is 0 Å². The van der Waals surface area contributed by atoms with Crippen molar-refractivity contribution in [2.45, 2.75) is 25.2 Å². The number of benzene rings is 1. The first-order valence-electron chi connectivity index (χ1n) is 5.47. The van der Waals surface area contributed by atoms with E-state index < -0.39 is 6.10 Å². The van der Waals surface area contributed by atoms with Crippen LogP contribution in [0.2, 0.25) is 0 Å². The molecular weight excluding hydrogens is 286 g/mol. The van der Waals surface area contributed by atoms with Crippen molar-refractivity contribution in [2.75, 3.05) is 6.54 Å². The molecule has 0 spiro atoms. The molecule has 1 aromatic rings. The van der Waals surface area contributed by atoms with Crippen LogP contribution in [0.1, 0.15) is 12.0 Å². The molecule has 0 amide bonds. The Bertz CT molecular complexity index is 410. The van der Waals surface area contributed by atoms with Crippen molar-refractivity contribution < 1.29 is 14.6 Å². The fourth-order valence-electron chi connectivity index (χ4n) is 1.78. The second-order valence-corrected chi connectivity index (χ2v) is 5.00. The van der Waals surface area contributed by atoms with Crippen LogP contribution in [-0.2, 0) is 16.1 Å². The van der Waals surface area contributed by atoms with Crippen LogP contribution in [0.4, 0.5) is 0 Å². The van der Waals surface area contributed by atoms with Gasteiger partial charge in [0, 0.05) is 17.4 Å². The number of carbonyl (C=O) groups excluding carboxylic acids is 1. The van der Waals surface area contributed by atoms with Crippen LogP contribution in [0, 0.1) is 0 Å². The van der Waals surface area contributed by atoms with Gasteiger partial charge in [-0.25, -0.2) is 0 Å². The van der Waals surface area contributed by atoms with Gasteiger partial charge >= 0.3 is 5.97 Å². The average Bonchev–Trinajstić information content (AvgIpc) is 2.73. The lowest BCUT2D eigenvalue weighted by Gasteiger charge is -2.10. The summed E-state index contributed by atoms with van der Waals surface area (Å²) in [4.78, 5) is 11.6. The van der Waals surface area contributed by atoms with Gasteiger partial charge in [0.25, 0.3) is 0 Å². The van der Waals surface area contributed by atoms with Crippen molar-refractivity contribution >= 4 is 21.9 Å². The van der Waals surface area contributed by atoms with Gasteiger partial charge in [-0.05, 0) is 17.7 Å². The highest BCUT2D eigenvalue weighted by atomic mass is 79.9. The van der Waals surface area contributed by atoms with E-state index in [0.717, 1.165) is 10.0 Å². The predicted molar refractivity (Wildman–Crippen MR) is 66.4 cm³/mol. The molecule has 1 fully saturated rings. The van der Waals surface area contributed by atoms with Crippen molar-refractivity contribution in [2.24, 2.45) is 0 Å². The minimum Gasteiger partial charge on any atom is -0.460 e. The molecule has 1 aromatic carbocycles. The Kier molecular flexibility index (Phi) is 4.15. The fourth-order valence-corrected chi connectivity index (χ4v) is 2.23. The van der Waals surface area contributed by atoms with E-state index in [1.807, 2.05) is 24.3 Å². The molecule has 5 heteroatoms. The number of halogens is 1. The van der Waals surface area contributed by atoms with E-state index in [1.165, 1.54) is 0 Å². The Balaban J connectivity index is 1.84. The zero-order chi connectivity index (χ0) is 12.3. The Morgan fingerprint density at radius 2 is 2.41 bits per heavy atom. The van der Waals surface area contributed by atoms with E-state index >= 15 is 0 Å². The second-order valence-electron chi connectivity index (χ2n) is 4.09. The number of aliphatic hydroxyl groups is 1. The predicted octanol–water partition coefficient (Wildman–Crippen LogP) is 1.22. The molecule has 0 bridgehead atoms. The molecule has 1 aliphatic rings. The lowest BCUT2D eigenvalue weighted by molar-refractivity contribution is -0.147. The number of esters is 1. The molecule has 2 N–H and O–H groups in total. The van der Waals surface area contributed by atoms with Gasteiger partial charge in [0.15, 0.2) is 0 Å². The molecule has 17 heavy (non-hydrogen) atoms. The average molecular weight is 300 g/mol. The van der Waals surface area contributed by atoms with Crippen molar-refractivity contribution in [3.63, 3.8) is 0 Å². The molecule has 1 saturated heterocycles. The highest BCUT2D eigenvalue weighted by Gasteiger charge is 2.29. The Morgan fingerprint density at radius 3 is 3.06 bits per heavy atom. The number of β-amino-alcohol motifs (C(OH)–C–C–N with tert-alkyl or cyclic N) is 1. The zero-order valence-electron chi connectivity index (χ0n) is 9.23. The quantitative estimate of drug-likeness (QED) is 0.824. The smallest absolute Gasteiger partial charge is 0.323 e. The number of ether oxygens (including phenoxy) is 1. The SMILES string of the molecule is O=C(OCc1cccc(Br)c1)[C@@H]1C[C@H](O)CN1. The van der Waals surface area contributed by atoms with Gasteiger partial charge in [0.05, 0.1) is 6.10 Å². The van der Waals surface area contributed by atoms with Gasteiger partial charge in [-0.2, -0.15) is 0 Å². The molecule has 2 rings (SSSR count). The van der Waals surface area contributed by atoms with Crippen LogP contribution in [-0.4, -0.2) is 29.8 Å². The van der Waals surface area contributed by atoms with Crippen LogP contribution >= 0.6 is 15.9 Å². The minimum atomic E-state index is -0.446. The maximum atomic E-state index is 11.6. The summed E-state index contributed by atoms with van der Waals surface area (Å²) in [7, 11) is 0. The normalized spacial score (nSPS) is 23.6. The first-order chi connectivity index (χ1) is 8.15. The molecule has 1 aliphatic heterocycles. The molecule has 92 valence electrons. The van der Waals surface area contributed by atoms with Gasteiger partial charge < -0.3 is 15.2 Å². The van der Waals surface area contributed by atoms with Crippen LogP contribution in [0.25, 0.3) is 0 Å². The maximum Gasteiger partial charge on any atom is 0.323 e. The summed E-state index contributed by atoms with van der Waals surface area (Å²) in [5.74, 6) is -0.304. The van der Waals surface area contributed by atoms with E-state index in [2.05, 4.69) is 21.2 Å². The molecule has 1 heterocycles. The molecule has 0 unspecified atom stereocenters. The van der Waals surface area contributed by atoms with E-state index in [4.69, 9.17) is 4.74 Å². The van der Waals surface area contributed by atoms with Gasteiger partial charge in [-0.15, -0.1) is 0 Å². The van der Waals surface area contributed by atoms with Crippen molar-refractivity contribution in [3.05, 3.63) is 34.3 Å². The summed E-state index contributed by atoms with van der Waals surface area (Å²) in [5.41, 5.74) is 0.936. The maximum absolute atomic E-state index is 11.6. The second kappa shape index (κ2) is 5.62. The van der Waals surface area contributed by atoms with Crippen LogP contribution < -0.4 is 5.32 Å². The summed E-state index contributed by atoms with van der Waals surface area (Å²) in [6, 6.07) is 7.24. The van der Waals surface area contributed by atoms with Gasteiger partial charge in [-0.1, -0.05) is 28.1 Å². The first kappa shape index (κ1) is 12.5. The molecular formula is C12H14BrNO3. The van der Waals surface area contributed by atoms with Gasteiger partial charge in [0.2, 0.25) is 0 Å². The van der Waals surface area contributed by atoms with E-state index in [9.17, 15) is 9.90 Å². The highest BCUT2D eigenvalue weighted by Crippen LogP contribution is 2.13. The number of hydrogen-bond donors (Lipinski definition) is 2. The third-order valence-electron chi connectivity index (χ3n) is 2.66. The fraction of sp³-hybridized carbons (Fsp3) is 0.417. The molecule has 0 radical (unpaired) electrons. The van der Waals surface area contributed by atoms with Crippen molar-refractivity contribution in [3.8, 4) is 0 Å². The van der Waals surface area contributed by atoms with Crippen LogP contribution in [0.15, 0.2) is 28.7 Å². The summed E-state index contributed by atoms with van der Waals surface area (Å²) in [5, 5.41) is 12.2. The summed E-state index contributed by atoms with van der Waals surface area (Å²) in [6.07, 6.45) is -0.0180. The highest BCUT2D eigenvalue weighted by molar-refractivity contribution is 9.10. The Hall–Kier alpha value is -0.910. The lowest BCUT2D eigenvalue weighted by Crippen LogP contribution is -2.32. The van der Waals surface area contributed by atoms with Crippen LogP contribution in [0.5, 0.6) is 0 Å². The van der Waals surface area contributed by atoms with Gasteiger partial charge in [0.1, 0.15) is 12.6 Å². The van der Waals surface area contributed by atoms with Crippen molar-refractivity contribution in [1.82, 2.24) is 5.32 Å². The Morgan fingerprint density at radius 1 is 1.59 bits per heavy atom. The Labute approximate surface area is 108 Å². The number of nitrogens with one attached hydrogen (secondary N) is 1. The monoisotopic (exact) mass is 299 g/mol. The van der Waals surface area contributed by atoms with E-state index in [0.29, 0.717) is 13.0 Å². The van der Waals surface area contributed by atoms with Crippen molar-refractivity contribution in [1.29, 1.82) is 0 Å². The molecule has 0 saturated carbocycles. The molecule has 0 aliphatic carbocycles. The van der Waals surface area contributed by atoms with Gasteiger partial charge in [-0.3, -0.25) is 4.79 Å². The minimum absolute atomic E-state index is 0.256. The lowest BCUT2D eigenvalue weighted by atomic mass is 10.2. The van der Waals surface area contributed by atoms with E-state index in [1.54, 1.807) is 0 Å². The number of aliphatic hydroxyl groups excluding tert-OH is 1. The summed E-state index contributed by atoms with van der Waals surface area (Å²) >= 11 is 3.36. The molecule has 4 nitrogen and oxygen atoms in total. The number of hydrogen-bond acceptors (Lipinski definition) is 4. The number of rotatable bonds is 3. The summed E-state index contributed by atoms with van der Waals surface area (Å²) in [6.45, 7) is 0.712. The number of carbonyl (C=O) groups is 1. The zero-order valence-corrected chi connectivity index (χ0v) is 10.8. The summed E-state index contributed by atoms with van der Waals surface area (Å²) < 4.78 is 6.14. The molecule has 2 atom stereocenters. The largest absolute Gasteiger partial charge is 0.460 e. The molecule has 0 aromatic heterocycles. The third kappa shape index (κ3) is 3.52. The third-order valence-corrected chi connectivity index (χ3v) is 3.16.